The summed E-state index contributed by atoms with van der Waals surface area (Å²) in [6.45, 7) is 1.48. The lowest BCUT2D eigenvalue weighted by molar-refractivity contribution is -0.659. The average Bonchev–Trinajstić information content (AvgIpc) is 2.70. The van der Waals surface area contributed by atoms with Crippen LogP contribution in [0.15, 0.2) is 60.8 Å². The topological polar surface area (TPSA) is 16.8 Å². The first kappa shape index (κ1) is 20.7. The van der Waals surface area contributed by atoms with Crippen molar-refractivity contribution in [3.63, 3.8) is 0 Å². The zero-order chi connectivity index (χ0) is 22.3. The van der Waals surface area contributed by atoms with Gasteiger partial charge < -0.3 is 0 Å². The number of rotatable bonds is 3. The Morgan fingerprint density at radius 1 is 0.710 bits per heavy atom. The molecule has 0 atom stereocenters. The molecule has 2 nitrogen and oxygen atoms in total. The second-order valence-corrected chi connectivity index (χ2v) is 7.16. The molecule has 7 heteroatoms. The molecule has 156 valence electrons. The van der Waals surface area contributed by atoms with E-state index in [-0.39, 0.29) is 28.1 Å². The lowest BCUT2D eigenvalue weighted by Crippen LogP contribution is -2.33. The van der Waals surface area contributed by atoms with E-state index in [9.17, 15) is 22.0 Å². The maximum atomic E-state index is 14.3. The molecule has 3 aromatic carbocycles. The highest BCUT2D eigenvalue weighted by molar-refractivity contribution is 5.79. The van der Waals surface area contributed by atoms with Gasteiger partial charge >= 0.3 is 0 Å². The molecule has 0 fully saturated rings. The molecule has 1 aromatic heterocycles. The first-order valence-corrected chi connectivity index (χ1v) is 9.32. The zero-order valence-corrected chi connectivity index (χ0v) is 16.6. The maximum Gasteiger partial charge on any atom is 0.239 e. The van der Waals surface area contributed by atoms with Crippen LogP contribution in [-0.2, 0) is 7.05 Å². The van der Waals surface area contributed by atoms with Gasteiger partial charge in [-0.05, 0) is 55.0 Å². The van der Waals surface area contributed by atoms with Crippen molar-refractivity contribution in [3.8, 4) is 33.8 Å². The number of benzene rings is 3. The Labute approximate surface area is 175 Å². The van der Waals surface area contributed by atoms with Crippen molar-refractivity contribution in [2.24, 2.45) is 7.05 Å². The highest BCUT2D eigenvalue weighted by Gasteiger charge is 2.26. The van der Waals surface area contributed by atoms with E-state index in [1.54, 1.807) is 17.8 Å². The molecule has 0 N–H and O–H groups in total. The van der Waals surface area contributed by atoms with E-state index < -0.39 is 29.1 Å². The Balaban J connectivity index is 2.06. The molecule has 0 aliphatic rings. The van der Waals surface area contributed by atoms with Gasteiger partial charge in [-0.15, -0.1) is 0 Å². The van der Waals surface area contributed by atoms with Crippen molar-refractivity contribution < 1.29 is 26.5 Å². The summed E-state index contributed by atoms with van der Waals surface area (Å²) in [6.07, 6.45) is 1.60. The minimum atomic E-state index is -0.820. The van der Waals surface area contributed by atoms with E-state index >= 15 is 0 Å². The monoisotopic (exact) mass is 427 g/mol. The van der Waals surface area contributed by atoms with Crippen LogP contribution in [0.3, 0.4) is 0 Å². The van der Waals surface area contributed by atoms with Gasteiger partial charge in [0.25, 0.3) is 0 Å². The number of nitrogens with zero attached hydrogens (tertiary/aromatic N) is 2. The van der Waals surface area contributed by atoms with Crippen LogP contribution in [0.5, 0.6) is 0 Å². The van der Waals surface area contributed by atoms with Crippen molar-refractivity contribution >= 4 is 0 Å². The Kier molecular flexibility index (Phi) is 5.27. The van der Waals surface area contributed by atoms with Crippen molar-refractivity contribution in [1.82, 2.24) is 4.98 Å². The van der Waals surface area contributed by atoms with E-state index in [1.807, 2.05) is 0 Å². The average molecular weight is 427 g/mol. The molecular formula is C24H16F5N2+. The van der Waals surface area contributed by atoms with Crippen LogP contribution < -0.4 is 4.57 Å². The van der Waals surface area contributed by atoms with Gasteiger partial charge in [0.2, 0.25) is 5.69 Å². The summed E-state index contributed by atoms with van der Waals surface area (Å²) >= 11 is 0. The summed E-state index contributed by atoms with van der Waals surface area (Å²) in [6, 6.07) is 10.4. The number of aromatic nitrogens is 2. The highest BCUT2D eigenvalue weighted by Crippen LogP contribution is 2.33. The van der Waals surface area contributed by atoms with E-state index in [0.29, 0.717) is 11.3 Å². The van der Waals surface area contributed by atoms with Gasteiger partial charge in [-0.25, -0.2) is 26.9 Å². The SMILES string of the molecule is Cc1c(F)cc(F)cc1-c1c(-c2cc(F)cc(F)c2)nc(-c2ccc(F)cc2)c[n+]1C. The zero-order valence-electron chi connectivity index (χ0n) is 16.6. The number of hydrogen-bond acceptors (Lipinski definition) is 1. The number of aryl methyl sites for hydroxylation is 1. The van der Waals surface area contributed by atoms with Gasteiger partial charge in [0.15, 0.2) is 6.20 Å². The van der Waals surface area contributed by atoms with Gasteiger partial charge in [-0.2, -0.15) is 4.57 Å². The van der Waals surface area contributed by atoms with Crippen molar-refractivity contribution in [1.29, 1.82) is 0 Å². The minimum Gasteiger partial charge on any atom is -0.234 e. The highest BCUT2D eigenvalue weighted by atomic mass is 19.1. The molecular weight excluding hydrogens is 411 g/mol. The van der Waals surface area contributed by atoms with Crippen LogP contribution in [0, 0.1) is 36.0 Å². The van der Waals surface area contributed by atoms with E-state index in [2.05, 4.69) is 4.98 Å². The van der Waals surface area contributed by atoms with Crippen LogP contribution in [0.25, 0.3) is 33.8 Å². The second kappa shape index (κ2) is 7.91. The first-order valence-electron chi connectivity index (χ1n) is 9.32. The second-order valence-electron chi connectivity index (χ2n) is 7.16. The molecule has 0 spiro atoms. The lowest BCUT2D eigenvalue weighted by Gasteiger charge is -2.12. The van der Waals surface area contributed by atoms with Crippen LogP contribution >= 0.6 is 0 Å². The molecule has 0 bridgehead atoms. The summed E-state index contributed by atoms with van der Waals surface area (Å²) in [7, 11) is 1.63. The largest absolute Gasteiger partial charge is 0.239 e. The molecule has 0 saturated heterocycles. The maximum absolute atomic E-state index is 14.3. The molecule has 0 saturated carbocycles. The van der Waals surface area contributed by atoms with Crippen LogP contribution in [0.1, 0.15) is 5.56 Å². The first-order chi connectivity index (χ1) is 14.7. The van der Waals surface area contributed by atoms with Crippen LogP contribution in [0.4, 0.5) is 22.0 Å². The summed E-state index contributed by atoms with van der Waals surface area (Å²) in [5.41, 5.74) is 1.78. The molecule has 4 aromatic rings. The molecule has 1 heterocycles. The molecule has 4 rings (SSSR count). The van der Waals surface area contributed by atoms with Crippen molar-refractivity contribution in [2.75, 3.05) is 0 Å². The van der Waals surface area contributed by atoms with Gasteiger partial charge in [-0.1, -0.05) is 0 Å². The lowest BCUT2D eigenvalue weighted by atomic mass is 9.98. The Morgan fingerprint density at radius 3 is 1.97 bits per heavy atom. The molecule has 31 heavy (non-hydrogen) atoms. The van der Waals surface area contributed by atoms with Gasteiger partial charge in [0.1, 0.15) is 47.5 Å². The third-order valence-corrected chi connectivity index (χ3v) is 4.97. The number of hydrogen-bond donors (Lipinski definition) is 0. The molecule has 0 radical (unpaired) electrons. The van der Waals surface area contributed by atoms with Crippen molar-refractivity contribution in [2.45, 2.75) is 6.92 Å². The van der Waals surface area contributed by atoms with Crippen LogP contribution in [0.2, 0.25) is 0 Å². The van der Waals surface area contributed by atoms with Gasteiger partial charge in [0, 0.05) is 23.3 Å². The van der Waals surface area contributed by atoms with Gasteiger partial charge in [-0.3, -0.25) is 0 Å². The minimum absolute atomic E-state index is 0.0936. The summed E-state index contributed by atoms with van der Waals surface area (Å²) in [5, 5.41) is 0. The van der Waals surface area contributed by atoms with E-state index in [4.69, 9.17) is 0 Å². The van der Waals surface area contributed by atoms with E-state index in [0.717, 1.165) is 30.3 Å². The predicted molar refractivity (Wildman–Crippen MR) is 106 cm³/mol. The van der Waals surface area contributed by atoms with Gasteiger partial charge in [0.05, 0.1) is 5.56 Å². The Bertz CT molecular complexity index is 1280. The summed E-state index contributed by atoms with van der Waals surface area (Å²) < 4.78 is 71.2. The van der Waals surface area contributed by atoms with E-state index in [1.165, 1.54) is 31.2 Å². The fourth-order valence-electron chi connectivity index (χ4n) is 3.48. The fourth-order valence-corrected chi connectivity index (χ4v) is 3.48. The smallest absolute Gasteiger partial charge is 0.234 e. The predicted octanol–water partition coefficient (Wildman–Crippen LogP) is 5.91. The molecule has 0 aliphatic carbocycles. The summed E-state index contributed by atoms with van der Waals surface area (Å²) in [5.74, 6) is -3.62. The molecule has 0 amide bonds. The fraction of sp³-hybridized carbons (Fsp3) is 0.0833. The standard InChI is InChI=1S/C24H16F5N2/c1-13-20(10-19(28)11-21(13)29)24-23(15-7-17(26)9-18(27)8-15)30-22(12-31(24)2)14-3-5-16(25)6-4-14/h3-12H,1-2H3/q+1. The van der Waals surface area contributed by atoms with Crippen molar-refractivity contribution in [3.05, 3.63) is 95.4 Å². The third kappa shape index (κ3) is 4.03. The normalized spacial score (nSPS) is 11.1. The quantitative estimate of drug-likeness (QED) is 0.293. The molecule has 0 aliphatic heterocycles. The Hall–Kier alpha value is -3.61. The Morgan fingerprint density at radius 2 is 1.32 bits per heavy atom. The van der Waals surface area contributed by atoms with Crippen LogP contribution in [-0.4, -0.2) is 4.98 Å². The molecule has 0 unspecified atom stereocenters. The summed E-state index contributed by atoms with van der Waals surface area (Å²) in [4.78, 5) is 4.54. The third-order valence-electron chi connectivity index (χ3n) is 4.97. The number of halogens is 5.